The first-order chi connectivity index (χ1) is 7.27. The lowest BCUT2D eigenvalue weighted by atomic mass is 10.1. The van der Waals surface area contributed by atoms with Crippen molar-refractivity contribution in [2.45, 2.75) is 45.3 Å². The van der Waals surface area contributed by atoms with Gasteiger partial charge in [-0.15, -0.1) is 0 Å². The molecule has 0 aromatic rings. The summed E-state index contributed by atoms with van der Waals surface area (Å²) < 4.78 is 10.8. The highest BCUT2D eigenvalue weighted by Gasteiger charge is 2.18. The number of likely N-dealkylation sites (N-methyl/N-ethyl adjacent to an activating group) is 1. The van der Waals surface area contributed by atoms with Gasteiger partial charge in [0.2, 0.25) is 0 Å². The number of hydrogen-bond acceptors (Lipinski definition) is 3. The lowest BCUT2D eigenvalue weighted by Gasteiger charge is -2.20. The summed E-state index contributed by atoms with van der Waals surface area (Å²) >= 11 is 0. The molecular formula is C12H23NO2. The first-order valence-electron chi connectivity index (χ1n) is 5.87. The second-order valence-electron chi connectivity index (χ2n) is 3.98. The fourth-order valence-corrected chi connectivity index (χ4v) is 1.79. The molecular weight excluding hydrogens is 190 g/mol. The van der Waals surface area contributed by atoms with Gasteiger partial charge in [0, 0.05) is 13.5 Å². The summed E-state index contributed by atoms with van der Waals surface area (Å²) in [4.78, 5) is 0. The predicted molar refractivity (Wildman–Crippen MR) is 61.8 cm³/mol. The molecule has 1 aliphatic rings. The Morgan fingerprint density at radius 1 is 1.53 bits per heavy atom. The Hall–Kier alpha value is -0.540. The van der Waals surface area contributed by atoms with Gasteiger partial charge in [-0.3, -0.25) is 0 Å². The summed E-state index contributed by atoms with van der Waals surface area (Å²) in [6, 6.07) is 0.370. The fourth-order valence-electron chi connectivity index (χ4n) is 1.79. The van der Waals surface area contributed by atoms with Crippen molar-refractivity contribution in [2.24, 2.45) is 0 Å². The number of nitrogens with one attached hydrogen (secondary N) is 1. The maximum Gasteiger partial charge on any atom is 0.109 e. The molecule has 0 radical (unpaired) electrons. The van der Waals surface area contributed by atoms with Gasteiger partial charge >= 0.3 is 0 Å². The summed E-state index contributed by atoms with van der Waals surface area (Å²) in [5, 5.41) is 3.46. The third kappa shape index (κ3) is 4.22. The predicted octanol–water partition coefficient (Wildman–Crippen LogP) is 2.08. The number of methoxy groups -OCH3 is 1. The first-order valence-corrected chi connectivity index (χ1v) is 5.87. The van der Waals surface area contributed by atoms with Gasteiger partial charge < -0.3 is 14.8 Å². The molecule has 0 aromatic carbocycles. The number of hydrogen-bond donors (Lipinski definition) is 1. The topological polar surface area (TPSA) is 30.5 Å². The van der Waals surface area contributed by atoms with Crippen LogP contribution in [0.5, 0.6) is 0 Å². The summed E-state index contributed by atoms with van der Waals surface area (Å²) in [7, 11) is 1.76. The van der Waals surface area contributed by atoms with Crippen molar-refractivity contribution in [1.82, 2.24) is 5.32 Å². The van der Waals surface area contributed by atoms with Crippen molar-refractivity contribution in [3.63, 3.8) is 0 Å². The molecule has 1 N–H and O–H groups in total. The zero-order valence-electron chi connectivity index (χ0n) is 10.1. The van der Waals surface area contributed by atoms with Crippen LogP contribution in [0, 0.1) is 0 Å². The second kappa shape index (κ2) is 6.85. The normalized spacial score (nSPS) is 19.5. The van der Waals surface area contributed by atoms with Gasteiger partial charge in [0.1, 0.15) is 5.76 Å². The summed E-state index contributed by atoms with van der Waals surface area (Å²) in [6.45, 7) is 6.05. The second-order valence-corrected chi connectivity index (χ2v) is 3.98. The van der Waals surface area contributed by atoms with Gasteiger partial charge in [0.15, 0.2) is 0 Å². The van der Waals surface area contributed by atoms with E-state index < -0.39 is 0 Å². The van der Waals surface area contributed by atoms with Crippen LogP contribution in [0.15, 0.2) is 11.8 Å². The van der Waals surface area contributed by atoms with E-state index in [4.69, 9.17) is 9.47 Å². The smallest absolute Gasteiger partial charge is 0.109 e. The van der Waals surface area contributed by atoms with E-state index in [1.54, 1.807) is 7.11 Å². The van der Waals surface area contributed by atoms with E-state index in [1.165, 1.54) is 0 Å². The Bertz CT molecular complexity index is 204. The maximum atomic E-state index is 5.59. The molecule has 0 spiro atoms. The van der Waals surface area contributed by atoms with Crippen LogP contribution in [-0.4, -0.2) is 32.4 Å². The van der Waals surface area contributed by atoms with Crippen LogP contribution in [0.4, 0.5) is 0 Å². The monoisotopic (exact) mass is 213 g/mol. The van der Waals surface area contributed by atoms with E-state index in [-0.39, 0.29) is 0 Å². The molecule has 0 aliphatic carbocycles. The minimum absolute atomic E-state index is 0.327. The molecule has 1 heterocycles. The number of rotatable bonds is 7. The fraction of sp³-hybridized carbons (Fsp3) is 0.833. The molecule has 15 heavy (non-hydrogen) atoms. The lowest BCUT2D eigenvalue weighted by molar-refractivity contribution is 0.104. The highest BCUT2D eigenvalue weighted by Crippen LogP contribution is 2.18. The minimum atomic E-state index is 0.327. The van der Waals surface area contributed by atoms with E-state index in [2.05, 4.69) is 25.2 Å². The maximum absolute atomic E-state index is 5.59. The van der Waals surface area contributed by atoms with Crippen LogP contribution in [0.1, 0.15) is 33.1 Å². The molecule has 2 unspecified atom stereocenters. The van der Waals surface area contributed by atoms with Crippen molar-refractivity contribution in [3.05, 3.63) is 11.8 Å². The molecule has 88 valence electrons. The van der Waals surface area contributed by atoms with E-state index >= 15 is 0 Å². The summed E-state index contributed by atoms with van der Waals surface area (Å²) in [5.41, 5.74) is 0. The van der Waals surface area contributed by atoms with Gasteiger partial charge in [0.25, 0.3) is 0 Å². The number of ether oxygens (including phenoxy) is 2. The highest BCUT2D eigenvalue weighted by atomic mass is 16.5. The molecule has 0 saturated carbocycles. The minimum Gasteiger partial charge on any atom is -0.496 e. The lowest BCUT2D eigenvalue weighted by Crippen LogP contribution is -2.32. The standard InChI is InChI=1S/C12H23NO2/c1-4-13-11(8-7-10(2)14-3)12-6-5-9-15-12/h6,10-11,13H,4-5,7-9H2,1-3H3. The van der Waals surface area contributed by atoms with Crippen molar-refractivity contribution < 1.29 is 9.47 Å². The Labute approximate surface area is 92.8 Å². The van der Waals surface area contributed by atoms with E-state index in [0.717, 1.165) is 38.2 Å². The van der Waals surface area contributed by atoms with E-state index in [9.17, 15) is 0 Å². The van der Waals surface area contributed by atoms with Gasteiger partial charge in [0.05, 0.1) is 18.8 Å². The van der Waals surface area contributed by atoms with Crippen LogP contribution in [-0.2, 0) is 9.47 Å². The molecule has 1 aliphatic heterocycles. The van der Waals surface area contributed by atoms with E-state index in [0.29, 0.717) is 12.1 Å². The molecule has 3 heteroatoms. The average Bonchev–Trinajstić information content (AvgIpc) is 2.76. The molecule has 0 saturated heterocycles. The SMILES string of the molecule is CCNC(CCC(C)OC)C1=CCCO1. The third-order valence-corrected chi connectivity index (χ3v) is 2.79. The van der Waals surface area contributed by atoms with Crippen LogP contribution in [0.25, 0.3) is 0 Å². The average molecular weight is 213 g/mol. The van der Waals surface area contributed by atoms with Crippen LogP contribution < -0.4 is 5.32 Å². The third-order valence-electron chi connectivity index (χ3n) is 2.79. The van der Waals surface area contributed by atoms with E-state index in [1.807, 2.05) is 0 Å². The van der Waals surface area contributed by atoms with Crippen molar-refractivity contribution in [1.29, 1.82) is 0 Å². The van der Waals surface area contributed by atoms with Crippen molar-refractivity contribution in [3.8, 4) is 0 Å². The Kier molecular flexibility index (Phi) is 5.73. The van der Waals surface area contributed by atoms with Crippen molar-refractivity contribution >= 4 is 0 Å². The largest absolute Gasteiger partial charge is 0.496 e. The first kappa shape index (κ1) is 12.5. The molecule has 1 rings (SSSR count). The molecule has 3 nitrogen and oxygen atoms in total. The molecule has 0 amide bonds. The highest BCUT2D eigenvalue weighted by molar-refractivity contribution is 5.07. The van der Waals surface area contributed by atoms with Crippen LogP contribution in [0.3, 0.4) is 0 Å². The summed E-state index contributed by atoms with van der Waals surface area (Å²) in [5.74, 6) is 1.13. The zero-order valence-corrected chi connectivity index (χ0v) is 10.1. The van der Waals surface area contributed by atoms with Gasteiger partial charge in [-0.25, -0.2) is 0 Å². The quantitative estimate of drug-likeness (QED) is 0.702. The Morgan fingerprint density at radius 3 is 2.87 bits per heavy atom. The molecule has 0 aromatic heterocycles. The van der Waals surface area contributed by atoms with Gasteiger partial charge in [-0.1, -0.05) is 6.92 Å². The Morgan fingerprint density at radius 2 is 2.33 bits per heavy atom. The van der Waals surface area contributed by atoms with Crippen molar-refractivity contribution in [2.75, 3.05) is 20.3 Å². The molecule has 0 bridgehead atoms. The van der Waals surface area contributed by atoms with Crippen LogP contribution >= 0.6 is 0 Å². The van der Waals surface area contributed by atoms with Gasteiger partial charge in [-0.2, -0.15) is 0 Å². The Balaban J connectivity index is 2.36. The molecule has 0 fully saturated rings. The zero-order chi connectivity index (χ0) is 11.1. The molecule has 2 atom stereocenters. The van der Waals surface area contributed by atoms with Crippen LogP contribution in [0.2, 0.25) is 0 Å². The van der Waals surface area contributed by atoms with Gasteiger partial charge in [-0.05, 0) is 32.4 Å². The summed E-state index contributed by atoms with van der Waals surface area (Å²) in [6.07, 6.45) is 5.72.